The molecule has 2 rings (SSSR count). The van der Waals surface area contributed by atoms with E-state index in [1.807, 2.05) is 27.7 Å². The third-order valence-electron chi connectivity index (χ3n) is 3.51. The summed E-state index contributed by atoms with van der Waals surface area (Å²) in [5, 5.41) is 0. The molecule has 4 nitrogen and oxygen atoms in total. The number of hydrogen-bond donors (Lipinski definition) is 0. The average Bonchev–Trinajstić information content (AvgIpc) is 2.55. The molecule has 1 saturated heterocycles. The lowest BCUT2D eigenvalue weighted by molar-refractivity contribution is 0.00578. The van der Waals surface area contributed by atoms with Crippen LogP contribution in [0, 0.1) is 0 Å². The highest BCUT2D eigenvalue weighted by molar-refractivity contribution is 6.54. The average molecular weight is 243 g/mol. The van der Waals surface area contributed by atoms with Crippen molar-refractivity contribution in [3.8, 4) is 0 Å². The van der Waals surface area contributed by atoms with E-state index in [1.165, 1.54) is 14.1 Å². The van der Waals surface area contributed by atoms with E-state index in [9.17, 15) is 0 Å². The highest BCUT2D eigenvalue weighted by Crippen LogP contribution is 2.39. The van der Waals surface area contributed by atoms with Crippen LogP contribution in [0.3, 0.4) is 0 Å². The lowest BCUT2D eigenvalue weighted by Gasteiger charge is -2.32. The molecule has 0 amide bonds. The van der Waals surface area contributed by atoms with Gasteiger partial charge in [-0.2, -0.15) is 0 Å². The SMILES string of the molecule is [2H]C1=C(B2OC(C)(C)C(C)(C)O2)N(C)C([2H])([2H])C([2H])([2H])N1C. The van der Waals surface area contributed by atoms with Crippen LogP contribution >= 0.6 is 0 Å². The Balaban J connectivity index is 2.50. The minimum Gasteiger partial charge on any atom is -0.398 e. The van der Waals surface area contributed by atoms with Gasteiger partial charge >= 0.3 is 7.12 Å². The molecule has 2 heterocycles. The minimum absolute atomic E-state index is 0.152. The monoisotopic (exact) mass is 243 g/mol. The number of rotatable bonds is 1. The second kappa shape index (κ2) is 3.92. The molecule has 0 aliphatic carbocycles. The number of hydrogen-bond acceptors (Lipinski definition) is 4. The number of nitrogens with zero attached hydrogens (tertiary/aromatic N) is 2. The molecule has 0 aromatic rings. The van der Waals surface area contributed by atoms with E-state index in [0.717, 1.165) is 9.80 Å². The lowest BCUT2D eigenvalue weighted by Crippen LogP contribution is -2.41. The van der Waals surface area contributed by atoms with Gasteiger partial charge in [0.1, 0.15) is 0 Å². The molecule has 2 aliphatic rings. The molecular formula is C12H23BN2O2. The zero-order valence-corrected chi connectivity index (χ0v) is 11.3. The highest BCUT2D eigenvalue weighted by atomic mass is 16.7. The molecule has 0 aromatic carbocycles. The van der Waals surface area contributed by atoms with Gasteiger partial charge in [-0.25, -0.2) is 0 Å². The summed E-state index contributed by atoms with van der Waals surface area (Å²) in [4.78, 5) is 2.09. The first kappa shape index (κ1) is 7.69. The van der Waals surface area contributed by atoms with Crippen LogP contribution in [0.2, 0.25) is 0 Å². The maximum Gasteiger partial charge on any atom is 0.513 e. The van der Waals surface area contributed by atoms with Crippen LogP contribution in [0.5, 0.6) is 0 Å². The van der Waals surface area contributed by atoms with E-state index < -0.39 is 31.3 Å². The van der Waals surface area contributed by atoms with Gasteiger partial charge in [-0.1, -0.05) is 0 Å². The van der Waals surface area contributed by atoms with Crippen molar-refractivity contribution in [2.75, 3.05) is 27.1 Å². The summed E-state index contributed by atoms with van der Waals surface area (Å²) < 4.78 is 52.1. The largest absolute Gasteiger partial charge is 0.513 e. The zero-order chi connectivity index (χ0) is 17.3. The Labute approximate surface area is 112 Å². The summed E-state index contributed by atoms with van der Waals surface area (Å²) >= 11 is 0. The Kier molecular flexibility index (Phi) is 1.77. The molecule has 1 fully saturated rings. The van der Waals surface area contributed by atoms with Gasteiger partial charge in [0.05, 0.1) is 23.7 Å². The quantitative estimate of drug-likeness (QED) is 0.649. The smallest absolute Gasteiger partial charge is 0.398 e. The Morgan fingerprint density at radius 3 is 2.29 bits per heavy atom. The topological polar surface area (TPSA) is 24.9 Å². The molecule has 0 N–H and O–H groups in total. The molecule has 0 spiro atoms. The van der Waals surface area contributed by atoms with Crippen molar-refractivity contribution in [1.29, 1.82) is 0 Å². The maximum atomic E-state index is 8.22. The molecule has 96 valence electrons. The van der Waals surface area contributed by atoms with Gasteiger partial charge in [0.2, 0.25) is 0 Å². The lowest BCUT2D eigenvalue weighted by atomic mass is 9.83. The van der Waals surface area contributed by atoms with Crippen molar-refractivity contribution in [3.63, 3.8) is 0 Å². The van der Waals surface area contributed by atoms with E-state index in [2.05, 4.69) is 0 Å². The van der Waals surface area contributed by atoms with Crippen LogP contribution in [-0.2, 0) is 9.31 Å². The van der Waals surface area contributed by atoms with Crippen molar-refractivity contribution in [3.05, 3.63) is 11.8 Å². The standard InChI is InChI=1S/C12H23BN2O2/c1-11(2)12(3,4)17-13(16-11)10-9-14(5)7-8-15(10)6/h9H,7-8H2,1-6H3/i7D2,8D2,9D. The molecule has 0 radical (unpaired) electrons. The fourth-order valence-corrected chi connectivity index (χ4v) is 1.65. The minimum atomic E-state index is -2.34. The summed E-state index contributed by atoms with van der Waals surface area (Å²) in [7, 11) is 1.86. The van der Waals surface area contributed by atoms with Crippen LogP contribution in [0.15, 0.2) is 11.8 Å². The second-order valence-corrected chi connectivity index (χ2v) is 5.43. The van der Waals surface area contributed by atoms with Gasteiger partial charge in [-0.05, 0) is 27.7 Å². The van der Waals surface area contributed by atoms with Gasteiger partial charge in [0.15, 0.2) is 0 Å². The molecule has 5 heteroatoms. The van der Waals surface area contributed by atoms with E-state index in [0.29, 0.717) is 0 Å². The van der Waals surface area contributed by atoms with E-state index in [4.69, 9.17) is 16.2 Å². The summed E-state index contributed by atoms with van der Waals surface area (Å²) in [5.41, 5.74) is -1.05. The fraction of sp³-hybridized carbons (Fsp3) is 0.833. The van der Waals surface area contributed by atoms with Crippen LogP contribution in [0.4, 0.5) is 0 Å². The number of likely N-dealkylation sites (N-methyl/N-ethyl adjacent to an activating group) is 2. The molecule has 0 atom stereocenters. The molecular weight excluding hydrogens is 215 g/mol. The van der Waals surface area contributed by atoms with Gasteiger partial charge < -0.3 is 19.1 Å². The Bertz CT molecular complexity index is 508. The van der Waals surface area contributed by atoms with Gasteiger partial charge in [0.25, 0.3) is 0 Å². The normalized spacial score (nSPS) is 38.2. The summed E-state index contributed by atoms with van der Waals surface area (Å²) in [6.07, 6.45) is -0.152. The first-order valence-corrected chi connectivity index (χ1v) is 5.71. The Morgan fingerprint density at radius 1 is 1.24 bits per heavy atom. The predicted octanol–water partition coefficient (Wildman–Crippen LogP) is 1.34. The van der Waals surface area contributed by atoms with Crippen LogP contribution < -0.4 is 0 Å². The molecule has 0 unspecified atom stereocenters. The van der Waals surface area contributed by atoms with Crippen LogP contribution in [0.1, 0.15) is 34.5 Å². The molecule has 0 saturated carbocycles. The highest BCUT2D eigenvalue weighted by Gasteiger charge is 2.53. The van der Waals surface area contributed by atoms with Gasteiger partial charge in [-0.3, -0.25) is 0 Å². The third kappa shape index (κ3) is 2.18. The fourth-order valence-electron chi connectivity index (χ4n) is 1.65. The van der Waals surface area contributed by atoms with E-state index in [-0.39, 0.29) is 11.8 Å². The zero-order valence-electron chi connectivity index (χ0n) is 16.3. The van der Waals surface area contributed by atoms with E-state index >= 15 is 0 Å². The van der Waals surface area contributed by atoms with Crippen LogP contribution in [-0.4, -0.2) is 55.2 Å². The molecule has 0 bridgehead atoms. The first-order valence-electron chi connectivity index (χ1n) is 8.21. The Hall–Kier alpha value is -0.675. The third-order valence-corrected chi connectivity index (χ3v) is 3.51. The van der Waals surface area contributed by atoms with Crippen molar-refractivity contribution < 1.29 is 16.2 Å². The summed E-state index contributed by atoms with van der Waals surface area (Å²) in [6.45, 7) is 2.82. The predicted molar refractivity (Wildman–Crippen MR) is 69.4 cm³/mol. The summed E-state index contributed by atoms with van der Waals surface area (Å²) in [5.74, 6) is 0. The van der Waals surface area contributed by atoms with Crippen molar-refractivity contribution in [1.82, 2.24) is 9.80 Å². The van der Waals surface area contributed by atoms with Crippen molar-refractivity contribution >= 4 is 7.12 Å². The van der Waals surface area contributed by atoms with Crippen molar-refractivity contribution in [2.24, 2.45) is 0 Å². The molecule has 17 heavy (non-hydrogen) atoms. The first-order chi connectivity index (χ1) is 9.67. The van der Waals surface area contributed by atoms with E-state index in [1.54, 1.807) is 0 Å². The van der Waals surface area contributed by atoms with Crippen molar-refractivity contribution in [2.45, 2.75) is 38.9 Å². The second-order valence-electron chi connectivity index (χ2n) is 5.43. The molecule has 2 aliphatic heterocycles. The molecule has 0 aromatic heterocycles. The Morgan fingerprint density at radius 2 is 1.76 bits per heavy atom. The maximum absolute atomic E-state index is 8.22. The summed E-state index contributed by atoms with van der Waals surface area (Å²) in [6, 6.07) is 0. The van der Waals surface area contributed by atoms with Gasteiger partial charge in [0, 0.05) is 33.3 Å². The van der Waals surface area contributed by atoms with Crippen LogP contribution in [0.25, 0.3) is 0 Å². The van der Waals surface area contributed by atoms with Gasteiger partial charge in [-0.15, -0.1) is 0 Å².